The van der Waals surface area contributed by atoms with Gasteiger partial charge >= 0.3 is 5.97 Å². The standard InChI is InChI=1S/C70H125NO10/c1-4-7-10-13-16-19-22-24-26-28-30-31-32-33-34-36-38-40-43-46-49-52-55-58-65(75)81-68-67(77)66(76)64(59-72)80-70(68)79-60-61(62(73)56-53-50-47-44-41-21-18-15-12-9-6-3)71-69(78)63(74)57-54-51-48-45-42-39-37-35-29-27-25-23-20-17-14-11-8-5-2/h16-17,19-20,24-27,30-31,53,56,61-64,66-68,70,72-74,76-77H,4-15,18,21-23,28-29,32-52,54-55,57-60H2,1-3H3,(H,71,78)/b19-16-,20-17-,26-24-,27-25-,31-30-,56-53+. The van der Waals surface area contributed by atoms with Gasteiger partial charge in [-0.2, -0.15) is 0 Å². The third-order valence-electron chi connectivity index (χ3n) is 15.6. The molecule has 1 fully saturated rings. The van der Waals surface area contributed by atoms with Crippen molar-refractivity contribution >= 4 is 11.9 Å². The molecule has 0 aromatic carbocycles. The number of ether oxygens (including phenoxy) is 3. The van der Waals surface area contributed by atoms with Crippen molar-refractivity contribution in [1.82, 2.24) is 5.32 Å². The molecule has 1 amide bonds. The zero-order chi connectivity index (χ0) is 58.9. The Morgan fingerprint density at radius 2 is 0.852 bits per heavy atom. The molecule has 0 radical (unpaired) electrons. The summed E-state index contributed by atoms with van der Waals surface area (Å²) in [7, 11) is 0. The van der Waals surface area contributed by atoms with Crippen molar-refractivity contribution in [3.8, 4) is 0 Å². The maximum absolute atomic E-state index is 13.4. The number of hydrogen-bond acceptors (Lipinski definition) is 10. The van der Waals surface area contributed by atoms with Crippen LogP contribution in [0.1, 0.15) is 297 Å². The van der Waals surface area contributed by atoms with E-state index in [0.29, 0.717) is 12.8 Å². The summed E-state index contributed by atoms with van der Waals surface area (Å²) >= 11 is 0. The number of amides is 1. The highest BCUT2D eigenvalue weighted by Crippen LogP contribution is 2.26. The summed E-state index contributed by atoms with van der Waals surface area (Å²) in [6.07, 6.45) is 63.6. The van der Waals surface area contributed by atoms with Crippen LogP contribution >= 0.6 is 0 Å². The van der Waals surface area contributed by atoms with Crippen LogP contribution in [0.2, 0.25) is 0 Å². The van der Waals surface area contributed by atoms with Crippen LogP contribution < -0.4 is 5.32 Å². The fourth-order valence-corrected chi connectivity index (χ4v) is 10.2. The molecule has 81 heavy (non-hydrogen) atoms. The van der Waals surface area contributed by atoms with Gasteiger partial charge in [0.1, 0.15) is 24.4 Å². The minimum absolute atomic E-state index is 0.117. The SMILES string of the molecule is CCCCC/C=C\C/C=C\C/C=C\CCCCCCCCCCCCC(=O)OC1C(OCC(NC(=O)C(O)CCCCCCCCCC/C=C\C/C=C\CCCCC)C(O)/C=C/CCCCCCCCCCC)OC(CO)C(O)C1O. The normalized spacial score (nSPS) is 19.1. The van der Waals surface area contributed by atoms with Crippen LogP contribution in [0.3, 0.4) is 0 Å². The van der Waals surface area contributed by atoms with E-state index >= 15 is 0 Å². The van der Waals surface area contributed by atoms with Crippen molar-refractivity contribution < 1.29 is 49.3 Å². The van der Waals surface area contributed by atoms with Gasteiger partial charge in [0.25, 0.3) is 0 Å². The molecular weight excluding hydrogens is 1010 g/mol. The van der Waals surface area contributed by atoms with Gasteiger partial charge in [-0.15, -0.1) is 0 Å². The number of allylic oxidation sites excluding steroid dienone is 11. The van der Waals surface area contributed by atoms with Crippen LogP contribution in [0.4, 0.5) is 0 Å². The van der Waals surface area contributed by atoms with Crippen molar-refractivity contribution in [3.63, 3.8) is 0 Å². The number of aliphatic hydroxyl groups excluding tert-OH is 5. The minimum atomic E-state index is -1.62. The van der Waals surface area contributed by atoms with Crippen molar-refractivity contribution in [2.75, 3.05) is 13.2 Å². The van der Waals surface area contributed by atoms with E-state index < -0.39 is 67.4 Å². The average molecular weight is 1140 g/mol. The van der Waals surface area contributed by atoms with Crippen LogP contribution in [0.25, 0.3) is 0 Å². The lowest BCUT2D eigenvalue weighted by molar-refractivity contribution is -0.305. The largest absolute Gasteiger partial charge is 0.454 e. The summed E-state index contributed by atoms with van der Waals surface area (Å²) in [4.78, 5) is 26.6. The first-order valence-electron chi connectivity index (χ1n) is 33.7. The Kier molecular flexibility index (Phi) is 54.1. The summed E-state index contributed by atoms with van der Waals surface area (Å²) in [5, 5.41) is 57.1. The average Bonchev–Trinajstić information content (AvgIpc) is 3.50. The Hall–Kier alpha value is -2.90. The van der Waals surface area contributed by atoms with Crippen molar-refractivity contribution in [2.24, 2.45) is 0 Å². The third kappa shape index (κ3) is 45.2. The van der Waals surface area contributed by atoms with E-state index in [1.165, 1.54) is 161 Å². The summed E-state index contributed by atoms with van der Waals surface area (Å²) in [5.41, 5.74) is 0. The summed E-state index contributed by atoms with van der Waals surface area (Å²) in [6.45, 7) is 5.75. The van der Waals surface area contributed by atoms with Gasteiger partial charge in [-0.1, -0.05) is 267 Å². The number of carbonyl (C=O) groups excluding carboxylic acids is 2. The molecule has 1 heterocycles. The van der Waals surface area contributed by atoms with E-state index in [-0.39, 0.29) is 19.4 Å². The van der Waals surface area contributed by atoms with Gasteiger partial charge < -0.3 is 45.1 Å². The second-order valence-corrected chi connectivity index (χ2v) is 23.2. The lowest BCUT2D eigenvalue weighted by Crippen LogP contribution is -2.61. The lowest BCUT2D eigenvalue weighted by atomic mass is 9.99. The smallest absolute Gasteiger partial charge is 0.306 e. The number of unbranched alkanes of at least 4 members (excludes halogenated alkanes) is 33. The molecule has 0 aliphatic carbocycles. The molecular formula is C70H125NO10. The molecule has 6 N–H and O–H groups in total. The number of carbonyl (C=O) groups is 2. The molecule has 8 unspecified atom stereocenters. The van der Waals surface area contributed by atoms with Crippen molar-refractivity contribution in [1.29, 1.82) is 0 Å². The molecule has 8 atom stereocenters. The van der Waals surface area contributed by atoms with Crippen LogP contribution in [0.15, 0.2) is 72.9 Å². The van der Waals surface area contributed by atoms with Gasteiger partial charge in [0.2, 0.25) is 5.91 Å². The molecule has 11 heteroatoms. The third-order valence-corrected chi connectivity index (χ3v) is 15.6. The molecule has 0 bridgehead atoms. The second kappa shape index (κ2) is 57.5. The zero-order valence-electron chi connectivity index (χ0n) is 52.1. The van der Waals surface area contributed by atoms with E-state index in [9.17, 15) is 35.1 Å². The van der Waals surface area contributed by atoms with Crippen molar-refractivity contribution in [2.45, 2.75) is 346 Å². The Balaban J connectivity index is 2.60. The quantitative estimate of drug-likeness (QED) is 0.0195. The van der Waals surface area contributed by atoms with E-state index in [0.717, 1.165) is 89.9 Å². The van der Waals surface area contributed by atoms with E-state index in [4.69, 9.17) is 14.2 Å². The number of rotatable bonds is 57. The number of aliphatic hydroxyl groups is 5. The van der Waals surface area contributed by atoms with Gasteiger partial charge in [0.05, 0.1) is 25.4 Å². The molecule has 1 saturated heterocycles. The lowest BCUT2D eigenvalue weighted by Gasteiger charge is -2.41. The highest BCUT2D eigenvalue weighted by molar-refractivity contribution is 5.80. The van der Waals surface area contributed by atoms with E-state index in [1.54, 1.807) is 6.08 Å². The van der Waals surface area contributed by atoms with Crippen molar-refractivity contribution in [3.05, 3.63) is 72.9 Å². The van der Waals surface area contributed by atoms with E-state index in [1.807, 2.05) is 6.08 Å². The molecule has 0 saturated carbocycles. The fraction of sp³-hybridized carbons (Fsp3) is 0.800. The monoisotopic (exact) mass is 1140 g/mol. The molecule has 0 aromatic heterocycles. The van der Waals surface area contributed by atoms with Crippen LogP contribution in [0.5, 0.6) is 0 Å². The number of nitrogens with one attached hydrogen (secondary N) is 1. The van der Waals surface area contributed by atoms with E-state index in [2.05, 4.69) is 86.8 Å². The predicted octanol–water partition coefficient (Wildman–Crippen LogP) is 16.7. The first-order chi connectivity index (χ1) is 39.7. The topological polar surface area (TPSA) is 175 Å². The van der Waals surface area contributed by atoms with Crippen LogP contribution in [-0.2, 0) is 23.8 Å². The molecule has 0 spiro atoms. The van der Waals surface area contributed by atoms with Crippen LogP contribution in [-0.4, -0.2) is 99.6 Å². The number of esters is 1. The first-order valence-corrected chi connectivity index (χ1v) is 33.7. The fourth-order valence-electron chi connectivity index (χ4n) is 10.2. The van der Waals surface area contributed by atoms with Gasteiger partial charge in [-0.25, -0.2) is 0 Å². The Morgan fingerprint density at radius 1 is 0.481 bits per heavy atom. The Labute approximate surface area is 496 Å². The maximum atomic E-state index is 13.4. The maximum Gasteiger partial charge on any atom is 0.306 e. The molecule has 11 nitrogen and oxygen atoms in total. The predicted molar refractivity (Wildman–Crippen MR) is 338 cm³/mol. The summed E-state index contributed by atoms with van der Waals surface area (Å²) in [6, 6.07) is -1.03. The Bertz CT molecular complexity index is 1590. The van der Waals surface area contributed by atoms with Crippen LogP contribution in [0, 0.1) is 0 Å². The second-order valence-electron chi connectivity index (χ2n) is 23.2. The highest BCUT2D eigenvalue weighted by Gasteiger charge is 2.47. The van der Waals surface area contributed by atoms with Gasteiger partial charge in [-0.3, -0.25) is 9.59 Å². The van der Waals surface area contributed by atoms with Gasteiger partial charge in [0, 0.05) is 6.42 Å². The minimum Gasteiger partial charge on any atom is -0.454 e. The zero-order valence-corrected chi connectivity index (χ0v) is 52.1. The molecule has 1 rings (SSSR count). The molecule has 1 aliphatic rings. The van der Waals surface area contributed by atoms with Gasteiger partial charge in [-0.05, 0) is 96.3 Å². The Morgan fingerprint density at radius 3 is 1.30 bits per heavy atom. The highest BCUT2D eigenvalue weighted by atomic mass is 16.7. The summed E-state index contributed by atoms with van der Waals surface area (Å²) < 4.78 is 17.7. The summed E-state index contributed by atoms with van der Waals surface area (Å²) in [5.74, 6) is -1.20. The first kappa shape index (κ1) is 76.1. The molecule has 1 aliphatic heterocycles. The molecule has 470 valence electrons. The number of hydrogen-bond donors (Lipinski definition) is 6. The molecule has 0 aromatic rings. The van der Waals surface area contributed by atoms with Gasteiger partial charge in [0.15, 0.2) is 12.4 Å².